The van der Waals surface area contributed by atoms with Gasteiger partial charge in [0.25, 0.3) is 11.8 Å². The number of nitrogens with zero attached hydrogens (tertiary/aromatic N) is 4. The molecule has 0 bridgehead atoms. The molecular weight excluding hydrogens is 376 g/mol. The lowest BCUT2D eigenvalue weighted by Crippen LogP contribution is -2.53. The molecule has 3 aromatic rings. The molecule has 1 unspecified atom stereocenters. The van der Waals surface area contributed by atoms with Crippen molar-refractivity contribution in [3.05, 3.63) is 59.7 Å². The van der Waals surface area contributed by atoms with Crippen LogP contribution in [0.4, 0.5) is 4.79 Å². The Morgan fingerprint density at radius 2 is 2.14 bits per heavy atom. The maximum Gasteiger partial charge on any atom is 0.322 e. The van der Waals surface area contributed by atoms with Crippen LogP contribution in [0.25, 0.3) is 5.78 Å². The van der Waals surface area contributed by atoms with Gasteiger partial charge in [0.2, 0.25) is 5.78 Å². The average Bonchev–Trinajstić information content (AvgIpc) is 3.36. The Labute approximate surface area is 164 Å². The Kier molecular flexibility index (Phi) is 3.57. The van der Waals surface area contributed by atoms with Crippen molar-refractivity contribution in [3.63, 3.8) is 0 Å². The molecular formula is C19H16N6O4. The summed E-state index contributed by atoms with van der Waals surface area (Å²) in [5, 5.41) is 4.93. The number of aromatic nitrogens is 3. The summed E-state index contributed by atoms with van der Waals surface area (Å²) in [5.74, 6) is 0.157. The molecule has 10 nitrogen and oxygen atoms in total. The number of methoxy groups -OCH3 is 1. The smallest absolute Gasteiger partial charge is 0.322 e. The maximum absolute atomic E-state index is 13.0. The molecule has 0 spiro atoms. The van der Waals surface area contributed by atoms with Gasteiger partial charge in [0.05, 0.1) is 19.3 Å². The molecule has 1 atom stereocenters. The summed E-state index contributed by atoms with van der Waals surface area (Å²) >= 11 is 0. The molecule has 146 valence electrons. The van der Waals surface area contributed by atoms with Crippen molar-refractivity contribution in [2.24, 2.45) is 0 Å². The van der Waals surface area contributed by atoms with Crippen molar-refractivity contribution in [2.45, 2.75) is 12.1 Å². The van der Waals surface area contributed by atoms with Crippen LogP contribution in [0.2, 0.25) is 0 Å². The van der Waals surface area contributed by atoms with Crippen LogP contribution in [-0.4, -0.2) is 50.8 Å². The number of amides is 4. The van der Waals surface area contributed by atoms with Crippen LogP contribution >= 0.6 is 0 Å². The average molecular weight is 392 g/mol. The van der Waals surface area contributed by atoms with Crippen LogP contribution in [0, 0.1) is 0 Å². The lowest BCUT2D eigenvalue weighted by molar-refractivity contribution is -0.124. The molecule has 4 heterocycles. The second-order valence-corrected chi connectivity index (χ2v) is 6.95. The van der Waals surface area contributed by atoms with Crippen molar-refractivity contribution >= 4 is 23.6 Å². The van der Waals surface area contributed by atoms with E-state index in [1.807, 2.05) is 6.07 Å². The number of carbonyl (C=O) groups is 3. The lowest BCUT2D eigenvalue weighted by atomic mass is 9.95. The van der Waals surface area contributed by atoms with Gasteiger partial charge in [-0.3, -0.25) is 19.3 Å². The van der Waals surface area contributed by atoms with E-state index in [1.54, 1.807) is 41.2 Å². The Balaban J connectivity index is 1.54. The second-order valence-electron chi connectivity index (χ2n) is 6.95. The fraction of sp³-hybridized carbons (Fsp3) is 0.211. The van der Waals surface area contributed by atoms with Crippen molar-refractivity contribution in [1.29, 1.82) is 0 Å². The van der Waals surface area contributed by atoms with E-state index in [9.17, 15) is 14.4 Å². The number of rotatable bonds is 4. The summed E-state index contributed by atoms with van der Waals surface area (Å²) in [5.41, 5.74) is 0.140. The normalized spacial score (nSPS) is 20.7. The SMILES string of the molecule is COc1ccc2c(c1)C(=O)N(CC1(c3cn4cccnc4n3)NC(=O)NC1=O)C2. The molecule has 10 heteroatoms. The van der Waals surface area contributed by atoms with E-state index >= 15 is 0 Å². The number of benzene rings is 1. The minimum atomic E-state index is -1.51. The number of nitrogens with one attached hydrogen (secondary N) is 2. The first-order chi connectivity index (χ1) is 14.0. The third-order valence-corrected chi connectivity index (χ3v) is 5.24. The van der Waals surface area contributed by atoms with Crippen LogP contribution in [0.3, 0.4) is 0 Å². The molecule has 0 radical (unpaired) electrons. The minimum absolute atomic E-state index is 0.0652. The molecule has 4 amide bonds. The van der Waals surface area contributed by atoms with Gasteiger partial charge in [-0.2, -0.15) is 0 Å². The number of hydrogen-bond donors (Lipinski definition) is 2. The van der Waals surface area contributed by atoms with Crippen LogP contribution < -0.4 is 15.4 Å². The zero-order chi connectivity index (χ0) is 20.2. The van der Waals surface area contributed by atoms with E-state index in [-0.39, 0.29) is 12.5 Å². The summed E-state index contributed by atoms with van der Waals surface area (Å²) in [4.78, 5) is 47.9. The molecule has 2 aliphatic heterocycles. The van der Waals surface area contributed by atoms with E-state index in [0.29, 0.717) is 29.3 Å². The van der Waals surface area contributed by atoms with Gasteiger partial charge in [-0.15, -0.1) is 0 Å². The standard InChI is InChI=1S/C19H16N6O4/c1-29-12-4-3-11-8-25(15(26)13(11)7-12)10-19(16(27)22-18(28)23-19)14-9-24-6-2-5-20-17(24)21-14/h2-7,9H,8,10H2,1H3,(H2,22,23,27,28). The van der Waals surface area contributed by atoms with E-state index in [4.69, 9.17) is 4.74 Å². The number of urea groups is 1. The highest BCUT2D eigenvalue weighted by molar-refractivity contribution is 6.08. The maximum atomic E-state index is 13.0. The quantitative estimate of drug-likeness (QED) is 0.622. The molecule has 29 heavy (non-hydrogen) atoms. The first kappa shape index (κ1) is 17.2. The van der Waals surface area contributed by atoms with Gasteiger partial charge < -0.3 is 15.0 Å². The summed E-state index contributed by atoms with van der Waals surface area (Å²) in [6.07, 6.45) is 4.95. The molecule has 2 aliphatic rings. The number of imidazole rings is 1. The molecule has 0 aliphatic carbocycles. The largest absolute Gasteiger partial charge is 0.497 e. The first-order valence-corrected chi connectivity index (χ1v) is 8.90. The van der Waals surface area contributed by atoms with Gasteiger partial charge in [-0.05, 0) is 23.8 Å². The van der Waals surface area contributed by atoms with Gasteiger partial charge in [0.1, 0.15) is 5.75 Å². The number of hydrogen-bond acceptors (Lipinski definition) is 6. The molecule has 2 N–H and O–H groups in total. The Morgan fingerprint density at radius 3 is 2.86 bits per heavy atom. The molecule has 1 fully saturated rings. The summed E-state index contributed by atoms with van der Waals surface area (Å²) in [7, 11) is 1.53. The van der Waals surface area contributed by atoms with Gasteiger partial charge in [-0.25, -0.2) is 14.8 Å². The third kappa shape index (κ3) is 2.53. The van der Waals surface area contributed by atoms with E-state index < -0.39 is 17.5 Å². The number of carbonyl (C=O) groups excluding carboxylic acids is 3. The van der Waals surface area contributed by atoms with Crippen LogP contribution in [0.15, 0.2) is 42.9 Å². The minimum Gasteiger partial charge on any atom is -0.497 e. The number of fused-ring (bicyclic) bond motifs is 2. The highest BCUT2D eigenvalue weighted by Gasteiger charge is 2.52. The highest BCUT2D eigenvalue weighted by atomic mass is 16.5. The molecule has 1 aromatic carbocycles. The fourth-order valence-corrected chi connectivity index (χ4v) is 3.78. The highest BCUT2D eigenvalue weighted by Crippen LogP contribution is 2.32. The summed E-state index contributed by atoms with van der Waals surface area (Å²) in [6.45, 7) is 0.249. The second kappa shape index (κ2) is 6.03. The van der Waals surface area contributed by atoms with Gasteiger partial charge in [0.15, 0.2) is 5.54 Å². The van der Waals surface area contributed by atoms with Crippen molar-refractivity contribution in [3.8, 4) is 5.75 Å². The van der Waals surface area contributed by atoms with Crippen LogP contribution in [0.1, 0.15) is 21.6 Å². The Bertz CT molecular complexity index is 1160. The number of imide groups is 1. The van der Waals surface area contributed by atoms with Crippen molar-refractivity contribution < 1.29 is 19.1 Å². The molecule has 2 aromatic heterocycles. The lowest BCUT2D eigenvalue weighted by Gasteiger charge is -2.29. The van der Waals surface area contributed by atoms with E-state index in [2.05, 4.69) is 20.6 Å². The predicted octanol–water partition coefficient (Wildman–Crippen LogP) is 0.429. The van der Waals surface area contributed by atoms with Gasteiger partial charge in [-0.1, -0.05) is 6.07 Å². The first-order valence-electron chi connectivity index (χ1n) is 8.90. The predicted molar refractivity (Wildman–Crippen MR) is 99.1 cm³/mol. The molecule has 0 saturated carbocycles. The zero-order valence-electron chi connectivity index (χ0n) is 15.4. The van der Waals surface area contributed by atoms with Crippen LogP contribution in [0.5, 0.6) is 5.75 Å². The summed E-state index contributed by atoms with van der Waals surface area (Å²) < 4.78 is 6.85. The van der Waals surface area contributed by atoms with E-state index in [0.717, 1.165) is 5.56 Å². The zero-order valence-corrected chi connectivity index (χ0v) is 15.4. The van der Waals surface area contributed by atoms with Crippen LogP contribution in [-0.2, 0) is 16.9 Å². The summed E-state index contributed by atoms with van der Waals surface area (Å²) in [6, 6.07) is 6.37. The Morgan fingerprint density at radius 1 is 1.28 bits per heavy atom. The molecule has 5 rings (SSSR count). The monoisotopic (exact) mass is 392 g/mol. The fourth-order valence-electron chi connectivity index (χ4n) is 3.78. The third-order valence-electron chi connectivity index (χ3n) is 5.24. The van der Waals surface area contributed by atoms with Gasteiger partial charge >= 0.3 is 6.03 Å². The topological polar surface area (TPSA) is 118 Å². The number of ether oxygens (including phenoxy) is 1. The Hall–Kier alpha value is -3.95. The van der Waals surface area contributed by atoms with Crippen molar-refractivity contribution in [1.82, 2.24) is 29.9 Å². The molecule has 1 saturated heterocycles. The van der Waals surface area contributed by atoms with Crippen molar-refractivity contribution in [2.75, 3.05) is 13.7 Å². The van der Waals surface area contributed by atoms with E-state index in [1.165, 1.54) is 12.0 Å². The van der Waals surface area contributed by atoms with Gasteiger partial charge in [0, 0.05) is 30.7 Å².